The molecule has 0 fully saturated rings. The number of carbonyl (C=O) groups is 2. The van der Waals surface area contributed by atoms with Crippen LogP contribution < -0.4 is 0 Å². The van der Waals surface area contributed by atoms with Gasteiger partial charge in [-0.2, -0.15) is 0 Å². The van der Waals surface area contributed by atoms with Gasteiger partial charge < -0.3 is 9.64 Å². The molecule has 24 heavy (non-hydrogen) atoms. The molecule has 0 unspecified atom stereocenters. The third-order valence-corrected chi connectivity index (χ3v) is 4.43. The van der Waals surface area contributed by atoms with Gasteiger partial charge in [0.05, 0.1) is 13.2 Å². The Kier molecular flexibility index (Phi) is 6.55. The molecule has 0 aromatic heterocycles. The zero-order valence-corrected chi connectivity index (χ0v) is 15.3. The molecule has 126 valence electrons. The highest BCUT2D eigenvalue weighted by Gasteiger charge is 2.23. The van der Waals surface area contributed by atoms with Gasteiger partial charge in [0.2, 0.25) is 0 Å². The van der Waals surface area contributed by atoms with Crippen LogP contribution in [0.3, 0.4) is 0 Å². The van der Waals surface area contributed by atoms with Crippen molar-refractivity contribution in [1.82, 2.24) is 4.90 Å². The molecule has 0 saturated heterocycles. The first-order valence-corrected chi connectivity index (χ1v) is 8.50. The van der Waals surface area contributed by atoms with Crippen molar-refractivity contribution < 1.29 is 14.3 Å². The Morgan fingerprint density at radius 3 is 2.29 bits per heavy atom. The fraction of sp³-hybridized carbons (Fsp3) is 0.263. The lowest BCUT2D eigenvalue weighted by atomic mass is 10.1. The molecule has 2 rings (SSSR count). The van der Waals surface area contributed by atoms with Gasteiger partial charge in [-0.05, 0) is 24.6 Å². The first-order chi connectivity index (χ1) is 11.5. The predicted molar refractivity (Wildman–Crippen MR) is 97.1 cm³/mol. The minimum absolute atomic E-state index is 0.00695. The van der Waals surface area contributed by atoms with Crippen molar-refractivity contribution in [1.29, 1.82) is 0 Å². The predicted octanol–water partition coefficient (Wildman–Crippen LogP) is 4.85. The van der Waals surface area contributed by atoms with Crippen molar-refractivity contribution in [2.45, 2.75) is 19.4 Å². The number of nitrogens with zero attached hydrogens (tertiary/aromatic N) is 1. The van der Waals surface area contributed by atoms with Crippen LogP contribution in [0.2, 0.25) is 0 Å². The number of benzene rings is 2. The van der Waals surface area contributed by atoms with Gasteiger partial charge in [-0.15, -0.1) is 0 Å². The molecule has 0 aliphatic heterocycles. The van der Waals surface area contributed by atoms with E-state index in [9.17, 15) is 9.59 Å². The summed E-state index contributed by atoms with van der Waals surface area (Å²) >= 11 is 3.40. The quantitative estimate of drug-likeness (QED) is 0.663. The summed E-state index contributed by atoms with van der Waals surface area (Å²) in [6, 6.07) is 16.7. The second-order valence-corrected chi connectivity index (χ2v) is 6.35. The van der Waals surface area contributed by atoms with E-state index in [1.54, 1.807) is 17.0 Å². The van der Waals surface area contributed by atoms with Gasteiger partial charge in [0.1, 0.15) is 0 Å². The molecular weight excluding hydrogens is 370 g/mol. The molecule has 1 atom stereocenters. The summed E-state index contributed by atoms with van der Waals surface area (Å²) in [5.74, 6) is 0.00695. The van der Waals surface area contributed by atoms with Crippen LogP contribution in [0.1, 0.15) is 35.3 Å². The highest BCUT2D eigenvalue weighted by atomic mass is 79.9. The van der Waals surface area contributed by atoms with Gasteiger partial charge in [-0.1, -0.05) is 58.4 Å². The van der Waals surface area contributed by atoms with Gasteiger partial charge in [0.15, 0.2) is 5.78 Å². The van der Waals surface area contributed by atoms with Gasteiger partial charge >= 0.3 is 6.09 Å². The summed E-state index contributed by atoms with van der Waals surface area (Å²) in [6.45, 7) is 2.23. The van der Waals surface area contributed by atoms with Crippen molar-refractivity contribution >= 4 is 27.8 Å². The molecule has 0 N–H and O–H groups in total. The number of methoxy groups -OCH3 is 1. The van der Waals surface area contributed by atoms with E-state index < -0.39 is 6.09 Å². The molecule has 0 aliphatic rings. The number of hydrogen-bond acceptors (Lipinski definition) is 3. The van der Waals surface area contributed by atoms with Gasteiger partial charge in [0.25, 0.3) is 0 Å². The number of Topliss-reactive ketones (excluding diaryl/α,β-unsaturated/α-hetero) is 1. The molecule has 5 heteroatoms. The average molecular weight is 390 g/mol. The van der Waals surface area contributed by atoms with Crippen molar-refractivity contribution in [2.24, 2.45) is 0 Å². The monoisotopic (exact) mass is 389 g/mol. The van der Waals surface area contributed by atoms with Crippen molar-refractivity contribution in [2.75, 3.05) is 13.7 Å². The van der Waals surface area contributed by atoms with E-state index in [0.29, 0.717) is 12.1 Å². The summed E-state index contributed by atoms with van der Waals surface area (Å²) in [5.41, 5.74) is 1.63. The maximum absolute atomic E-state index is 12.3. The molecule has 0 spiro atoms. The summed E-state index contributed by atoms with van der Waals surface area (Å²) < 4.78 is 5.86. The van der Waals surface area contributed by atoms with E-state index in [2.05, 4.69) is 15.9 Å². The highest BCUT2D eigenvalue weighted by molar-refractivity contribution is 9.10. The Morgan fingerprint density at radius 1 is 1.08 bits per heavy atom. The first kappa shape index (κ1) is 18.2. The first-order valence-electron chi connectivity index (χ1n) is 7.71. The van der Waals surface area contributed by atoms with Crippen LogP contribution in [0.5, 0.6) is 0 Å². The van der Waals surface area contributed by atoms with Crippen LogP contribution in [-0.4, -0.2) is 30.4 Å². The van der Waals surface area contributed by atoms with Crippen LogP contribution in [-0.2, 0) is 4.74 Å². The normalized spacial score (nSPS) is 11.6. The van der Waals surface area contributed by atoms with Crippen molar-refractivity contribution in [3.8, 4) is 0 Å². The Labute approximate surface area is 150 Å². The summed E-state index contributed by atoms with van der Waals surface area (Å²) in [5, 5.41) is 0. The van der Waals surface area contributed by atoms with Gasteiger partial charge in [-0.3, -0.25) is 4.79 Å². The number of rotatable bonds is 6. The molecule has 2 aromatic carbocycles. The number of carbonyl (C=O) groups excluding carboxylic acids is 2. The molecule has 0 saturated carbocycles. The molecule has 4 nitrogen and oxygen atoms in total. The Hall–Kier alpha value is -2.14. The molecule has 1 amide bonds. The minimum Gasteiger partial charge on any atom is -0.453 e. The minimum atomic E-state index is -0.439. The Balaban J connectivity index is 2.09. The third-order valence-electron chi connectivity index (χ3n) is 3.90. The Bertz CT molecular complexity index is 686. The number of amides is 1. The van der Waals surface area contributed by atoms with E-state index >= 15 is 0 Å². The molecule has 0 heterocycles. The van der Waals surface area contributed by atoms with Crippen molar-refractivity contribution in [3.63, 3.8) is 0 Å². The molecule has 0 bridgehead atoms. The Morgan fingerprint density at radius 2 is 1.71 bits per heavy atom. The summed E-state index contributed by atoms with van der Waals surface area (Å²) in [6.07, 6.45) is -0.189. The van der Waals surface area contributed by atoms with E-state index in [1.165, 1.54) is 7.11 Å². The number of halogens is 1. The highest BCUT2D eigenvalue weighted by Crippen LogP contribution is 2.23. The summed E-state index contributed by atoms with van der Waals surface area (Å²) in [4.78, 5) is 26.0. The van der Waals surface area contributed by atoms with Gasteiger partial charge in [-0.25, -0.2) is 4.79 Å². The standard InChI is InChI=1S/C19H20BrNO3/c1-14(15-8-10-17(20)11-9-15)21(19(23)24-2)13-12-18(22)16-6-4-3-5-7-16/h3-11,14H,12-13H2,1-2H3/t14-/m0/s1. The third kappa shape index (κ3) is 4.68. The zero-order chi connectivity index (χ0) is 17.5. The van der Waals surface area contributed by atoms with Crippen LogP contribution >= 0.6 is 15.9 Å². The second-order valence-electron chi connectivity index (χ2n) is 5.43. The number of ketones is 1. The topological polar surface area (TPSA) is 46.6 Å². The molecule has 2 aromatic rings. The van der Waals surface area contributed by atoms with E-state index in [0.717, 1.165) is 10.0 Å². The molecule has 0 aliphatic carbocycles. The van der Waals surface area contributed by atoms with Gasteiger partial charge in [0, 0.05) is 23.0 Å². The molecular formula is C19H20BrNO3. The molecule has 0 radical (unpaired) electrons. The van der Waals surface area contributed by atoms with Crippen LogP contribution in [0.4, 0.5) is 4.79 Å². The fourth-order valence-corrected chi connectivity index (χ4v) is 2.74. The maximum Gasteiger partial charge on any atom is 0.409 e. The lowest BCUT2D eigenvalue weighted by molar-refractivity contribution is 0.0911. The van der Waals surface area contributed by atoms with E-state index in [1.807, 2.05) is 49.4 Å². The van der Waals surface area contributed by atoms with E-state index in [4.69, 9.17) is 4.74 Å². The number of hydrogen-bond donors (Lipinski definition) is 0. The van der Waals surface area contributed by atoms with Crippen LogP contribution in [0.25, 0.3) is 0 Å². The smallest absolute Gasteiger partial charge is 0.409 e. The van der Waals surface area contributed by atoms with Crippen LogP contribution in [0, 0.1) is 0 Å². The SMILES string of the molecule is COC(=O)N(CCC(=O)c1ccccc1)[C@@H](C)c1ccc(Br)cc1. The zero-order valence-electron chi connectivity index (χ0n) is 13.7. The second kappa shape index (κ2) is 8.64. The van der Waals surface area contributed by atoms with E-state index in [-0.39, 0.29) is 18.2 Å². The van der Waals surface area contributed by atoms with Crippen molar-refractivity contribution in [3.05, 3.63) is 70.2 Å². The number of ether oxygens (including phenoxy) is 1. The van der Waals surface area contributed by atoms with Crippen LogP contribution in [0.15, 0.2) is 59.1 Å². The average Bonchev–Trinajstić information content (AvgIpc) is 2.62. The lowest BCUT2D eigenvalue weighted by Crippen LogP contribution is -2.35. The fourth-order valence-electron chi connectivity index (χ4n) is 2.47. The summed E-state index contributed by atoms with van der Waals surface area (Å²) in [7, 11) is 1.35. The largest absolute Gasteiger partial charge is 0.453 e. The maximum atomic E-state index is 12.3. The lowest BCUT2D eigenvalue weighted by Gasteiger charge is -2.28.